The predicted molar refractivity (Wildman–Crippen MR) is 98.1 cm³/mol. The Morgan fingerprint density at radius 3 is 2.58 bits per heavy atom. The fourth-order valence-corrected chi connectivity index (χ4v) is 3.35. The lowest BCUT2D eigenvalue weighted by Crippen LogP contribution is -2.30. The number of hydrogen-bond acceptors (Lipinski definition) is 4. The molecule has 24 heavy (non-hydrogen) atoms. The maximum absolute atomic E-state index is 11.7. The molecule has 0 aliphatic heterocycles. The molecular weight excluding hydrogens is 322 g/mol. The lowest BCUT2D eigenvalue weighted by Gasteiger charge is -2.05. The van der Waals surface area contributed by atoms with Gasteiger partial charge in [0.1, 0.15) is 0 Å². The van der Waals surface area contributed by atoms with Crippen molar-refractivity contribution in [1.29, 1.82) is 0 Å². The van der Waals surface area contributed by atoms with E-state index in [1.54, 1.807) is 11.3 Å². The van der Waals surface area contributed by atoms with E-state index in [0.29, 0.717) is 25.9 Å². The summed E-state index contributed by atoms with van der Waals surface area (Å²) in [7, 11) is 0. The lowest BCUT2D eigenvalue weighted by atomic mass is 10.2. The highest BCUT2D eigenvalue weighted by Crippen LogP contribution is 2.22. The van der Waals surface area contributed by atoms with Crippen molar-refractivity contribution in [2.45, 2.75) is 45.4 Å². The van der Waals surface area contributed by atoms with Crippen LogP contribution in [-0.4, -0.2) is 29.9 Å². The topological polar surface area (TPSA) is 71.1 Å². The van der Waals surface area contributed by atoms with Crippen molar-refractivity contribution in [3.05, 3.63) is 29.3 Å². The minimum absolute atomic E-state index is 0.00649. The highest BCUT2D eigenvalue weighted by molar-refractivity contribution is 7.18. The Labute approximate surface area is 146 Å². The number of carbonyl (C=O) groups excluding carboxylic acids is 2. The number of benzene rings is 1. The van der Waals surface area contributed by atoms with Crippen LogP contribution in [0.5, 0.6) is 0 Å². The average Bonchev–Trinajstić information content (AvgIpc) is 2.99. The summed E-state index contributed by atoms with van der Waals surface area (Å²) in [4.78, 5) is 27.7. The molecule has 0 spiro atoms. The zero-order valence-corrected chi connectivity index (χ0v) is 15.0. The van der Waals surface area contributed by atoms with E-state index in [1.807, 2.05) is 25.1 Å². The third-order valence-electron chi connectivity index (χ3n) is 3.63. The number of nitrogens with one attached hydrogen (secondary N) is 2. The molecule has 0 saturated heterocycles. The van der Waals surface area contributed by atoms with Gasteiger partial charge in [0.15, 0.2) is 0 Å². The molecule has 0 aliphatic carbocycles. The molecular formula is C18H25N3O2S. The van der Waals surface area contributed by atoms with Crippen LogP contribution in [0.25, 0.3) is 10.2 Å². The normalized spacial score (nSPS) is 10.7. The summed E-state index contributed by atoms with van der Waals surface area (Å²) in [5.74, 6) is 0.00979. The van der Waals surface area contributed by atoms with E-state index >= 15 is 0 Å². The second kappa shape index (κ2) is 10.0. The van der Waals surface area contributed by atoms with Crippen LogP contribution >= 0.6 is 11.3 Å². The fourth-order valence-electron chi connectivity index (χ4n) is 2.35. The first kappa shape index (κ1) is 18.4. The van der Waals surface area contributed by atoms with Gasteiger partial charge in [0.25, 0.3) is 0 Å². The van der Waals surface area contributed by atoms with Gasteiger partial charge in [-0.15, -0.1) is 11.3 Å². The highest BCUT2D eigenvalue weighted by Gasteiger charge is 2.06. The Kier molecular flexibility index (Phi) is 7.68. The van der Waals surface area contributed by atoms with Crippen LogP contribution in [0.2, 0.25) is 0 Å². The van der Waals surface area contributed by atoms with Gasteiger partial charge < -0.3 is 10.6 Å². The van der Waals surface area contributed by atoms with Crippen molar-refractivity contribution in [2.75, 3.05) is 13.1 Å². The zero-order chi connectivity index (χ0) is 17.2. The molecule has 2 N–H and O–H groups in total. The number of carbonyl (C=O) groups is 2. The number of thiazole rings is 1. The first-order valence-corrected chi connectivity index (χ1v) is 9.38. The van der Waals surface area contributed by atoms with Crippen LogP contribution in [-0.2, 0) is 16.0 Å². The summed E-state index contributed by atoms with van der Waals surface area (Å²) in [5.41, 5.74) is 1.05. The maximum atomic E-state index is 11.7. The number of para-hydroxylation sites is 1. The van der Waals surface area contributed by atoms with Crippen LogP contribution < -0.4 is 10.6 Å². The van der Waals surface area contributed by atoms with Gasteiger partial charge in [-0.25, -0.2) is 4.98 Å². The van der Waals surface area contributed by atoms with Gasteiger partial charge in [-0.3, -0.25) is 9.59 Å². The van der Waals surface area contributed by atoms with E-state index < -0.39 is 0 Å². The Morgan fingerprint density at radius 2 is 1.79 bits per heavy atom. The molecule has 2 amide bonds. The molecule has 6 heteroatoms. The van der Waals surface area contributed by atoms with Crippen LogP contribution in [0.4, 0.5) is 0 Å². The highest BCUT2D eigenvalue weighted by atomic mass is 32.1. The van der Waals surface area contributed by atoms with Crippen molar-refractivity contribution in [2.24, 2.45) is 0 Å². The largest absolute Gasteiger partial charge is 0.356 e. The predicted octanol–water partition coefficient (Wildman–Crippen LogP) is 3.04. The molecule has 0 saturated carbocycles. The van der Waals surface area contributed by atoms with E-state index in [-0.39, 0.29) is 11.8 Å². The summed E-state index contributed by atoms with van der Waals surface area (Å²) >= 11 is 1.72. The maximum Gasteiger partial charge on any atom is 0.221 e. The number of unbranched alkanes of at least 4 members (excludes halogenated alkanes) is 1. The standard InChI is InChI=1S/C18H25N3O2S/c1-2-12-19-17(23)11-13-20-16(22)9-5-6-10-18-21-14-7-3-4-8-15(14)24-18/h3-4,7-8H,2,5-6,9-13H2,1H3,(H,19,23)(H,20,22). The minimum Gasteiger partial charge on any atom is -0.356 e. The molecule has 2 rings (SSSR count). The summed E-state index contributed by atoms with van der Waals surface area (Å²) in [6.07, 6.45) is 4.46. The van der Waals surface area contributed by atoms with Gasteiger partial charge in [-0.05, 0) is 37.8 Å². The van der Waals surface area contributed by atoms with Crippen molar-refractivity contribution >= 4 is 33.4 Å². The molecule has 130 valence electrons. The van der Waals surface area contributed by atoms with Crippen molar-refractivity contribution in [3.8, 4) is 0 Å². The third-order valence-corrected chi connectivity index (χ3v) is 4.73. The van der Waals surface area contributed by atoms with Crippen LogP contribution in [0, 0.1) is 0 Å². The number of rotatable bonds is 10. The summed E-state index contributed by atoms with van der Waals surface area (Å²) in [5, 5.41) is 6.72. The summed E-state index contributed by atoms with van der Waals surface area (Å²) in [6.45, 7) is 3.11. The Morgan fingerprint density at radius 1 is 1.04 bits per heavy atom. The number of aromatic nitrogens is 1. The van der Waals surface area contributed by atoms with Gasteiger partial charge in [-0.1, -0.05) is 19.1 Å². The molecule has 0 radical (unpaired) electrons. The van der Waals surface area contributed by atoms with Gasteiger partial charge in [-0.2, -0.15) is 0 Å². The first-order valence-electron chi connectivity index (χ1n) is 8.57. The number of amides is 2. The van der Waals surface area contributed by atoms with E-state index in [4.69, 9.17) is 0 Å². The third kappa shape index (κ3) is 6.28. The van der Waals surface area contributed by atoms with E-state index in [0.717, 1.165) is 36.2 Å². The fraction of sp³-hybridized carbons (Fsp3) is 0.500. The van der Waals surface area contributed by atoms with E-state index in [9.17, 15) is 9.59 Å². The molecule has 0 unspecified atom stereocenters. The van der Waals surface area contributed by atoms with Gasteiger partial charge in [0, 0.05) is 25.9 Å². The molecule has 5 nitrogen and oxygen atoms in total. The first-order chi connectivity index (χ1) is 11.7. The van der Waals surface area contributed by atoms with Crippen LogP contribution in [0.15, 0.2) is 24.3 Å². The smallest absolute Gasteiger partial charge is 0.221 e. The van der Waals surface area contributed by atoms with Crippen LogP contribution in [0.3, 0.4) is 0 Å². The molecule has 0 fully saturated rings. The number of aryl methyl sites for hydroxylation is 1. The van der Waals surface area contributed by atoms with Crippen molar-refractivity contribution < 1.29 is 9.59 Å². The quantitative estimate of drug-likeness (QED) is 0.649. The number of fused-ring (bicyclic) bond motifs is 1. The molecule has 2 aromatic rings. The molecule has 0 aliphatic rings. The number of nitrogens with zero attached hydrogens (tertiary/aromatic N) is 1. The summed E-state index contributed by atoms with van der Waals surface area (Å²) in [6, 6.07) is 8.13. The van der Waals surface area contributed by atoms with E-state index in [1.165, 1.54) is 4.70 Å². The summed E-state index contributed by atoms with van der Waals surface area (Å²) < 4.78 is 1.21. The Bertz CT molecular complexity index is 636. The SMILES string of the molecule is CCCNC(=O)CCNC(=O)CCCCc1nc2ccccc2s1. The zero-order valence-electron chi connectivity index (χ0n) is 14.1. The van der Waals surface area contributed by atoms with Gasteiger partial charge >= 0.3 is 0 Å². The van der Waals surface area contributed by atoms with Crippen molar-refractivity contribution in [1.82, 2.24) is 15.6 Å². The van der Waals surface area contributed by atoms with Gasteiger partial charge in [0.2, 0.25) is 11.8 Å². The second-order valence-electron chi connectivity index (χ2n) is 5.73. The molecule has 1 heterocycles. The lowest BCUT2D eigenvalue weighted by molar-refractivity contribution is -0.122. The minimum atomic E-state index is -0.00649. The van der Waals surface area contributed by atoms with Crippen molar-refractivity contribution in [3.63, 3.8) is 0 Å². The van der Waals surface area contributed by atoms with Gasteiger partial charge in [0.05, 0.1) is 15.2 Å². The average molecular weight is 347 g/mol. The molecule has 1 aromatic heterocycles. The van der Waals surface area contributed by atoms with Crippen LogP contribution in [0.1, 0.15) is 44.0 Å². The second-order valence-corrected chi connectivity index (χ2v) is 6.85. The Balaban J connectivity index is 1.56. The molecule has 0 bridgehead atoms. The van der Waals surface area contributed by atoms with E-state index in [2.05, 4.69) is 21.7 Å². The monoisotopic (exact) mass is 347 g/mol. The number of hydrogen-bond donors (Lipinski definition) is 2. The Hall–Kier alpha value is -1.95. The molecule has 0 atom stereocenters. The molecule has 1 aromatic carbocycles.